The van der Waals surface area contributed by atoms with E-state index in [0.717, 1.165) is 0 Å². The first-order valence-corrected chi connectivity index (χ1v) is 6.52. The molecule has 0 aliphatic carbocycles. The largest absolute Gasteiger partial charge is 0.461 e. The summed E-state index contributed by atoms with van der Waals surface area (Å²) in [5.74, 6) is -1.25. The fourth-order valence-corrected chi connectivity index (χ4v) is 1.91. The number of hydrogen-bond acceptors (Lipinski definition) is 4. The number of carbonyl (C=O) groups excluding carboxylic acids is 2. The van der Waals surface area contributed by atoms with Crippen LogP contribution in [0.4, 0.5) is 4.39 Å². The molecule has 0 aliphatic rings. The third kappa shape index (κ3) is 3.34. The Kier molecular flexibility index (Phi) is 4.47. The number of carbonyl (C=O) groups is 2. The van der Waals surface area contributed by atoms with Crippen molar-refractivity contribution in [3.63, 3.8) is 0 Å². The zero-order valence-electron chi connectivity index (χ0n) is 11.8. The van der Waals surface area contributed by atoms with Crippen LogP contribution >= 0.6 is 0 Å². The van der Waals surface area contributed by atoms with E-state index in [1.165, 1.54) is 23.7 Å². The zero-order valence-corrected chi connectivity index (χ0v) is 11.8. The lowest BCUT2D eigenvalue weighted by atomic mass is 10.2. The number of ether oxygens (including phenoxy) is 1. The monoisotopic (exact) mass is 290 g/mol. The minimum Gasteiger partial charge on any atom is -0.461 e. The molecule has 2 aromatic rings. The lowest BCUT2D eigenvalue weighted by molar-refractivity contribution is 0.0518. The summed E-state index contributed by atoms with van der Waals surface area (Å²) in [6, 6.07) is 7.57. The summed E-state index contributed by atoms with van der Waals surface area (Å²) in [5, 5.41) is 4.04. The topological polar surface area (TPSA) is 61.2 Å². The number of hydrogen-bond donors (Lipinski definition) is 0. The number of rotatable bonds is 5. The van der Waals surface area contributed by atoms with Crippen molar-refractivity contribution in [1.29, 1.82) is 0 Å². The van der Waals surface area contributed by atoms with E-state index in [1.807, 2.05) is 0 Å². The van der Waals surface area contributed by atoms with E-state index >= 15 is 0 Å². The van der Waals surface area contributed by atoms with Gasteiger partial charge in [0.2, 0.25) is 0 Å². The zero-order chi connectivity index (χ0) is 15.4. The standard InChI is InChI=1S/C15H15FN2O3/c1-3-21-15(20)13-8-14(10(2)19)18(17-13)9-11-6-4-5-7-12(11)16/h4-8H,3,9H2,1-2H3. The summed E-state index contributed by atoms with van der Waals surface area (Å²) >= 11 is 0. The van der Waals surface area contributed by atoms with Crippen LogP contribution in [0.15, 0.2) is 30.3 Å². The molecule has 6 heteroatoms. The molecule has 0 unspecified atom stereocenters. The van der Waals surface area contributed by atoms with E-state index in [-0.39, 0.29) is 36.1 Å². The molecule has 0 bridgehead atoms. The van der Waals surface area contributed by atoms with Gasteiger partial charge in [0, 0.05) is 18.6 Å². The molecule has 0 N–H and O–H groups in total. The van der Waals surface area contributed by atoms with Crippen molar-refractivity contribution in [1.82, 2.24) is 9.78 Å². The number of ketones is 1. The van der Waals surface area contributed by atoms with Crippen LogP contribution in [0.25, 0.3) is 0 Å². The first-order valence-electron chi connectivity index (χ1n) is 6.52. The Morgan fingerprint density at radius 2 is 2.05 bits per heavy atom. The molecule has 110 valence electrons. The molecule has 21 heavy (non-hydrogen) atoms. The van der Waals surface area contributed by atoms with Gasteiger partial charge in [-0.2, -0.15) is 5.10 Å². The van der Waals surface area contributed by atoms with Crippen molar-refractivity contribution in [2.75, 3.05) is 6.61 Å². The highest BCUT2D eigenvalue weighted by Crippen LogP contribution is 2.13. The van der Waals surface area contributed by atoms with Crippen LogP contribution in [0.3, 0.4) is 0 Å². The highest BCUT2D eigenvalue weighted by Gasteiger charge is 2.18. The SMILES string of the molecule is CCOC(=O)c1cc(C(C)=O)n(Cc2ccccc2F)n1. The highest BCUT2D eigenvalue weighted by atomic mass is 19.1. The minimum absolute atomic E-state index is 0.0402. The molecule has 0 saturated carbocycles. The van der Waals surface area contributed by atoms with Crippen molar-refractivity contribution in [2.24, 2.45) is 0 Å². The molecule has 0 amide bonds. The van der Waals surface area contributed by atoms with Crippen molar-refractivity contribution >= 4 is 11.8 Å². The predicted molar refractivity (Wildman–Crippen MR) is 73.7 cm³/mol. The number of Topliss-reactive ketones (excluding diaryl/α,β-unsaturated/α-hetero) is 1. The number of nitrogens with zero attached hydrogens (tertiary/aromatic N) is 2. The van der Waals surface area contributed by atoms with Gasteiger partial charge >= 0.3 is 5.97 Å². The van der Waals surface area contributed by atoms with E-state index in [4.69, 9.17) is 4.74 Å². The molecular formula is C15H15FN2O3. The maximum Gasteiger partial charge on any atom is 0.358 e. The Bertz CT molecular complexity index is 679. The summed E-state index contributed by atoms with van der Waals surface area (Å²) in [6.07, 6.45) is 0. The Hall–Kier alpha value is -2.50. The summed E-state index contributed by atoms with van der Waals surface area (Å²) < 4.78 is 19.8. The average Bonchev–Trinajstić information content (AvgIpc) is 2.86. The van der Waals surface area contributed by atoms with Crippen LogP contribution in [0.2, 0.25) is 0 Å². The van der Waals surface area contributed by atoms with Crippen molar-refractivity contribution < 1.29 is 18.7 Å². The molecule has 0 atom stereocenters. The molecule has 5 nitrogen and oxygen atoms in total. The van der Waals surface area contributed by atoms with E-state index in [9.17, 15) is 14.0 Å². The molecule has 0 aliphatic heterocycles. The van der Waals surface area contributed by atoms with Crippen molar-refractivity contribution in [3.05, 3.63) is 53.1 Å². The Morgan fingerprint density at radius 1 is 1.33 bits per heavy atom. The second kappa shape index (κ2) is 6.30. The van der Waals surface area contributed by atoms with Gasteiger partial charge in [0.1, 0.15) is 11.5 Å². The maximum absolute atomic E-state index is 13.7. The Balaban J connectivity index is 2.36. The summed E-state index contributed by atoms with van der Waals surface area (Å²) in [7, 11) is 0. The fraction of sp³-hybridized carbons (Fsp3) is 0.267. The molecule has 0 saturated heterocycles. The summed E-state index contributed by atoms with van der Waals surface area (Å²) in [5.41, 5.74) is 0.665. The van der Waals surface area contributed by atoms with E-state index in [0.29, 0.717) is 5.56 Å². The molecule has 0 spiro atoms. The van der Waals surface area contributed by atoms with Crippen LogP contribution in [0.5, 0.6) is 0 Å². The van der Waals surface area contributed by atoms with Gasteiger partial charge in [-0.25, -0.2) is 9.18 Å². The number of esters is 1. The summed E-state index contributed by atoms with van der Waals surface area (Å²) in [6.45, 7) is 3.33. The number of halogens is 1. The van der Waals surface area contributed by atoms with Crippen molar-refractivity contribution in [3.8, 4) is 0 Å². The minimum atomic E-state index is -0.604. The first-order chi connectivity index (χ1) is 10.0. The summed E-state index contributed by atoms with van der Waals surface area (Å²) in [4.78, 5) is 23.3. The van der Waals surface area contributed by atoms with Crippen LogP contribution in [-0.4, -0.2) is 28.1 Å². The van der Waals surface area contributed by atoms with Gasteiger partial charge in [0.15, 0.2) is 11.5 Å². The molecule has 2 rings (SSSR count). The van der Waals surface area contributed by atoms with Gasteiger partial charge in [-0.05, 0) is 13.0 Å². The molecule has 0 fully saturated rings. The van der Waals surface area contributed by atoms with Gasteiger partial charge in [-0.15, -0.1) is 0 Å². The molecule has 1 aromatic heterocycles. The maximum atomic E-state index is 13.7. The normalized spacial score (nSPS) is 10.4. The smallest absolute Gasteiger partial charge is 0.358 e. The quantitative estimate of drug-likeness (QED) is 0.627. The molecular weight excluding hydrogens is 275 g/mol. The van der Waals surface area contributed by atoms with Crippen molar-refractivity contribution in [2.45, 2.75) is 20.4 Å². The fourth-order valence-electron chi connectivity index (χ4n) is 1.91. The first kappa shape index (κ1) is 14.9. The second-order valence-electron chi connectivity index (χ2n) is 4.44. The van der Waals surface area contributed by atoms with Crippen LogP contribution < -0.4 is 0 Å². The molecule has 1 heterocycles. The van der Waals surface area contributed by atoms with E-state index < -0.39 is 5.97 Å². The lowest BCUT2D eigenvalue weighted by Crippen LogP contribution is -2.11. The third-order valence-electron chi connectivity index (χ3n) is 2.90. The Morgan fingerprint density at radius 3 is 2.67 bits per heavy atom. The lowest BCUT2D eigenvalue weighted by Gasteiger charge is -2.06. The van der Waals surface area contributed by atoms with E-state index in [2.05, 4.69) is 5.10 Å². The van der Waals surface area contributed by atoms with Crippen LogP contribution in [0, 0.1) is 5.82 Å². The highest BCUT2D eigenvalue weighted by molar-refractivity contribution is 5.96. The Labute approximate surface area is 121 Å². The van der Waals surface area contributed by atoms with Gasteiger partial charge in [0.05, 0.1) is 13.2 Å². The molecule has 0 radical (unpaired) electrons. The second-order valence-corrected chi connectivity index (χ2v) is 4.44. The van der Waals surface area contributed by atoms with Gasteiger partial charge in [-0.3, -0.25) is 9.48 Å². The van der Waals surface area contributed by atoms with Crippen LogP contribution in [-0.2, 0) is 11.3 Å². The van der Waals surface area contributed by atoms with E-state index in [1.54, 1.807) is 25.1 Å². The third-order valence-corrected chi connectivity index (χ3v) is 2.90. The number of benzene rings is 1. The van der Waals surface area contributed by atoms with Gasteiger partial charge in [-0.1, -0.05) is 18.2 Å². The predicted octanol–water partition coefficient (Wildman–Crippen LogP) is 2.45. The molecule has 1 aromatic carbocycles. The van der Waals surface area contributed by atoms with Gasteiger partial charge < -0.3 is 4.74 Å². The van der Waals surface area contributed by atoms with Crippen LogP contribution in [0.1, 0.15) is 40.4 Å². The average molecular weight is 290 g/mol. The van der Waals surface area contributed by atoms with Gasteiger partial charge in [0.25, 0.3) is 0 Å². The number of aromatic nitrogens is 2.